The minimum atomic E-state index is 0.598. The topological polar surface area (TPSA) is 18.5 Å². The van der Waals surface area contributed by atoms with Gasteiger partial charge in [0.2, 0.25) is 0 Å². The zero-order chi connectivity index (χ0) is 7.40. The highest BCUT2D eigenvalue weighted by molar-refractivity contribution is 5.28. The number of hydrogen-bond donors (Lipinski definition) is 0. The van der Waals surface area contributed by atoms with Crippen LogP contribution in [0.3, 0.4) is 0 Å². The zero-order valence-electron chi connectivity index (χ0n) is 5.97. The van der Waals surface area contributed by atoms with Crippen molar-refractivity contribution in [1.29, 1.82) is 0 Å². The van der Waals surface area contributed by atoms with E-state index < -0.39 is 0 Å². The van der Waals surface area contributed by atoms with Crippen molar-refractivity contribution in [2.24, 2.45) is 0 Å². The summed E-state index contributed by atoms with van der Waals surface area (Å²) in [5.41, 5.74) is 0. The molecule has 0 atom stereocenters. The van der Waals surface area contributed by atoms with Crippen molar-refractivity contribution >= 4 is 0 Å². The number of rotatable bonds is 2. The summed E-state index contributed by atoms with van der Waals surface area (Å²) in [7, 11) is 3.18. The Morgan fingerprint density at radius 2 is 1.70 bits per heavy atom. The summed E-state index contributed by atoms with van der Waals surface area (Å²) < 4.78 is 9.74. The van der Waals surface area contributed by atoms with Crippen LogP contribution in [0.1, 0.15) is 0 Å². The Morgan fingerprint density at radius 1 is 1.10 bits per heavy atom. The number of hydrogen-bond acceptors (Lipinski definition) is 2. The van der Waals surface area contributed by atoms with E-state index in [1.54, 1.807) is 26.4 Å². The largest absolute Gasteiger partial charge is 0.497 e. The molecule has 0 heterocycles. The van der Waals surface area contributed by atoms with E-state index in [2.05, 4.69) is 12.1 Å². The van der Waals surface area contributed by atoms with Crippen LogP contribution in [0.15, 0.2) is 12.1 Å². The third kappa shape index (κ3) is 1.41. The van der Waals surface area contributed by atoms with E-state index in [0.717, 1.165) is 5.75 Å². The fourth-order valence-electron chi connectivity index (χ4n) is 0.592. The molecule has 0 amide bonds. The Bertz CT molecular complexity index is 168. The maximum Gasteiger partial charge on any atom is 0.135 e. The van der Waals surface area contributed by atoms with Crippen LogP contribution in [0, 0.1) is 12.1 Å². The molecular weight excluding hydrogens is 128 g/mol. The van der Waals surface area contributed by atoms with Gasteiger partial charge in [-0.3, -0.25) is 0 Å². The van der Waals surface area contributed by atoms with Crippen molar-refractivity contribution in [2.75, 3.05) is 14.2 Å². The summed E-state index contributed by atoms with van der Waals surface area (Å²) in [5, 5.41) is 0. The van der Waals surface area contributed by atoms with Crippen LogP contribution in [-0.2, 0) is 0 Å². The molecule has 0 saturated carbocycles. The maximum absolute atomic E-state index is 4.90. The number of ether oxygens (including phenoxy) is 2. The lowest BCUT2D eigenvalue weighted by Crippen LogP contribution is -1.84. The minimum Gasteiger partial charge on any atom is -0.497 e. The van der Waals surface area contributed by atoms with Gasteiger partial charge in [-0.25, -0.2) is 0 Å². The van der Waals surface area contributed by atoms with Gasteiger partial charge in [0, 0.05) is 12.1 Å². The van der Waals surface area contributed by atoms with E-state index in [9.17, 15) is 0 Å². The molecule has 0 aliphatic heterocycles. The maximum atomic E-state index is 4.90. The zero-order valence-corrected chi connectivity index (χ0v) is 5.97. The van der Waals surface area contributed by atoms with E-state index in [-0.39, 0.29) is 0 Å². The quantitative estimate of drug-likeness (QED) is 0.610. The van der Waals surface area contributed by atoms with Gasteiger partial charge < -0.3 is 9.47 Å². The molecule has 2 radical (unpaired) electrons. The molecule has 0 unspecified atom stereocenters. The molecule has 0 saturated heterocycles. The van der Waals surface area contributed by atoms with Gasteiger partial charge in [0.05, 0.1) is 14.2 Å². The highest BCUT2D eigenvalue weighted by Gasteiger charge is 1.91. The number of methoxy groups -OCH3 is 2. The van der Waals surface area contributed by atoms with Gasteiger partial charge >= 0.3 is 0 Å². The lowest BCUT2D eigenvalue weighted by atomic mass is 10.3. The Labute approximate surface area is 60.4 Å². The average molecular weight is 136 g/mol. The van der Waals surface area contributed by atoms with Gasteiger partial charge in [-0.1, -0.05) is 0 Å². The second-order valence-electron chi connectivity index (χ2n) is 1.72. The fourth-order valence-corrected chi connectivity index (χ4v) is 0.592. The SMILES string of the molecule is COc1[c]cc(OC)c[c]1. The smallest absolute Gasteiger partial charge is 0.135 e. The average Bonchev–Trinajstić information content (AvgIpc) is 2.05. The molecule has 0 aromatic heterocycles. The van der Waals surface area contributed by atoms with E-state index in [0.29, 0.717) is 5.75 Å². The van der Waals surface area contributed by atoms with Crippen LogP contribution in [0.25, 0.3) is 0 Å². The monoisotopic (exact) mass is 136 g/mol. The van der Waals surface area contributed by atoms with Crippen LogP contribution in [0.2, 0.25) is 0 Å². The summed E-state index contributed by atoms with van der Waals surface area (Å²) >= 11 is 0. The van der Waals surface area contributed by atoms with Gasteiger partial charge in [0.1, 0.15) is 11.5 Å². The third-order valence-corrected chi connectivity index (χ3v) is 1.13. The molecule has 52 valence electrons. The second-order valence-corrected chi connectivity index (χ2v) is 1.72. The molecule has 1 aromatic rings. The van der Waals surface area contributed by atoms with Gasteiger partial charge in [-0.05, 0) is 12.1 Å². The first-order valence-corrected chi connectivity index (χ1v) is 2.88. The van der Waals surface area contributed by atoms with Gasteiger partial charge in [0.25, 0.3) is 0 Å². The summed E-state index contributed by atoms with van der Waals surface area (Å²) in [6, 6.07) is 9.08. The Kier molecular flexibility index (Phi) is 2.15. The van der Waals surface area contributed by atoms with Gasteiger partial charge in [-0.15, -0.1) is 0 Å². The fraction of sp³-hybridized carbons (Fsp3) is 0.250. The van der Waals surface area contributed by atoms with E-state index >= 15 is 0 Å². The first-order valence-electron chi connectivity index (χ1n) is 2.88. The van der Waals surface area contributed by atoms with E-state index in [1.807, 2.05) is 0 Å². The van der Waals surface area contributed by atoms with Gasteiger partial charge in [-0.2, -0.15) is 0 Å². The molecule has 0 bridgehead atoms. The van der Waals surface area contributed by atoms with Crippen molar-refractivity contribution < 1.29 is 9.47 Å². The van der Waals surface area contributed by atoms with E-state index in [1.165, 1.54) is 0 Å². The molecule has 1 aromatic carbocycles. The molecule has 0 aliphatic rings. The summed E-state index contributed by atoms with van der Waals surface area (Å²) in [6.07, 6.45) is 0. The number of benzene rings is 1. The predicted molar refractivity (Wildman–Crippen MR) is 37.2 cm³/mol. The third-order valence-electron chi connectivity index (χ3n) is 1.13. The Morgan fingerprint density at radius 3 is 2.10 bits per heavy atom. The molecule has 0 aliphatic carbocycles. The first-order chi connectivity index (χ1) is 4.86. The molecule has 0 fully saturated rings. The highest BCUT2D eigenvalue weighted by atomic mass is 16.5. The van der Waals surface area contributed by atoms with Crippen LogP contribution >= 0.6 is 0 Å². The van der Waals surface area contributed by atoms with Crippen LogP contribution in [0.4, 0.5) is 0 Å². The molecule has 0 spiro atoms. The van der Waals surface area contributed by atoms with Gasteiger partial charge in [0.15, 0.2) is 0 Å². The predicted octanol–water partition coefficient (Wildman–Crippen LogP) is 1.30. The van der Waals surface area contributed by atoms with Crippen molar-refractivity contribution in [1.82, 2.24) is 0 Å². The van der Waals surface area contributed by atoms with Crippen molar-refractivity contribution in [2.45, 2.75) is 0 Å². The summed E-state index contributed by atoms with van der Waals surface area (Å²) in [5.74, 6) is 1.33. The minimum absolute atomic E-state index is 0.598. The Balaban J connectivity index is 2.80. The lowest BCUT2D eigenvalue weighted by Gasteiger charge is -1.99. The summed E-state index contributed by atoms with van der Waals surface area (Å²) in [6.45, 7) is 0. The van der Waals surface area contributed by atoms with Crippen LogP contribution < -0.4 is 9.47 Å². The summed E-state index contributed by atoms with van der Waals surface area (Å²) in [4.78, 5) is 0. The lowest BCUT2D eigenvalue weighted by molar-refractivity contribution is 0.401. The second kappa shape index (κ2) is 3.11. The molecule has 2 heteroatoms. The molecule has 10 heavy (non-hydrogen) atoms. The van der Waals surface area contributed by atoms with Crippen LogP contribution in [-0.4, -0.2) is 14.2 Å². The molecular formula is C8H8O2. The first kappa shape index (κ1) is 6.93. The highest BCUT2D eigenvalue weighted by Crippen LogP contribution is 2.14. The molecule has 2 nitrogen and oxygen atoms in total. The van der Waals surface area contributed by atoms with Crippen molar-refractivity contribution in [3.05, 3.63) is 24.3 Å². The molecule has 1 rings (SSSR count). The Hall–Kier alpha value is -1.18. The standard InChI is InChI=1S/C8H8O2/c1-9-7-3-5-8(10-2)6-4-7/h3-4H,1-2H3. The normalized spacial score (nSPS) is 9.00. The van der Waals surface area contributed by atoms with E-state index in [4.69, 9.17) is 9.47 Å². The van der Waals surface area contributed by atoms with Crippen LogP contribution in [0.5, 0.6) is 11.5 Å². The van der Waals surface area contributed by atoms with Crippen molar-refractivity contribution in [3.63, 3.8) is 0 Å². The molecule has 0 N–H and O–H groups in total. The van der Waals surface area contributed by atoms with Crippen molar-refractivity contribution in [3.8, 4) is 11.5 Å².